The predicted octanol–water partition coefficient (Wildman–Crippen LogP) is -0.698. The molecule has 35 atom stereocenters. The first-order chi connectivity index (χ1) is 68.1. The monoisotopic (exact) mass is 2060 g/mol. The molecule has 0 aromatic carbocycles. The van der Waals surface area contributed by atoms with Crippen LogP contribution >= 0.6 is 0 Å². The van der Waals surface area contributed by atoms with Gasteiger partial charge in [-0.25, -0.2) is 14.4 Å². The van der Waals surface area contributed by atoms with Crippen LogP contribution in [-0.4, -0.2) is 413 Å². The van der Waals surface area contributed by atoms with Crippen molar-refractivity contribution in [2.45, 2.75) is 499 Å². The molecule has 143 heavy (non-hydrogen) atoms. The summed E-state index contributed by atoms with van der Waals surface area (Å²) in [6.07, 6.45) is -24.5. The van der Waals surface area contributed by atoms with Crippen molar-refractivity contribution in [3.8, 4) is 0 Å². The lowest BCUT2D eigenvalue weighted by molar-refractivity contribution is -0.404. The van der Waals surface area contributed by atoms with E-state index >= 15 is 0 Å². The van der Waals surface area contributed by atoms with Gasteiger partial charge in [-0.05, 0) is 26.2 Å². The van der Waals surface area contributed by atoms with Gasteiger partial charge in [-0.3, -0.25) is 19.2 Å². The Bertz CT molecular complexity index is 3700. The lowest BCUT2D eigenvalue weighted by Crippen LogP contribution is -2.72. The van der Waals surface area contributed by atoms with Gasteiger partial charge >= 0.3 is 17.9 Å². The third-order valence-corrected chi connectivity index (χ3v) is 27.5. The van der Waals surface area contributed by atoms with Crippen LogP contribution in [0.2, 0.25) is 0 Å². The molecule has 0 bridgehead atoms. The second-order valence-corrected chi connectivity index (χ2v) is 39.2. The summed E-state index contributed by atoms with van der Waals surface area (Å²) in [4.78, 5) is 107. The Hall–Kier alpha value is -5.54. The van der Waals surface area contributed by atoms with Crippen molar-refractivity contribution in [2.24, 2.45) is 5.92 Å². The minimum Gasteiger partial charge on any atom is -0.477 e. The number of carboxylic acid groups (broad SMARTS) is 3. The maximum Gasteiger partial charge on any atom is 0.364 e. The van der Waals surface area contributed by atoms with Gasteiger partial charge in [0, 0.05) is 58.8 Å². The van der Waals surface area contributed by atoms with E-state index in [0.29, 0.717) is 12.8 Å². The number of aliphatic hydroxyl groups excluding tert-OH is 19. The molecule has 46 nitrogen and oxygen atoms in total. The number of allylic oxidation sites excluding steroid dienone is 1. The molecular formula is C97H170N4O42. The fourth-order valence-corrected chi connectivity index (χ4v) is 19.5. The summed E-state index contributed by atoms with van der Waals surface area (Å²) in [7, 11) is 0. The van der Waals surface area contributed by atoms with Crippen LogP contribution in [0, 0.1) is 5.92 Å². The summed E-state index contributed by atoms with van der Waals surface area (Å²) in [6.45, 7) is -0.552. The van der Waals surface area contributed by atoms with Gasteiger partial charge in [-0.2, -0.15) is 0 Å². The molecule has 4 amide bonds. The molecule has 6 saturated heterocycles. The van der Waals surface area contributed by atoms with Crippen LogP contribution in [0.1, 0.15) is 292 Å². The maximum absolute atomic E-state index is 14.5. The molecule has 6 heterocycles. The third kappa shape index (κ3) is 38.4. The van der Waals surface area contributed by atoms with E-state index in [9.17, 15) is 151 Å². The second kappa shape index (κ2) is 64.9. The quantitative estimate of drug-likeness (QED) is 0.0264. The maximum atomic E-state index is 14.5. The Morgan fingerprint density at radius 1 is 0.399 bits per heavy atom. The van der Waals surface area contributed by atoms with Crippen molar-refractivity contribution in [2.75, 3.05) is 46.2 Å². The molecular weight excluding hydrogens is 1890 g/mol. The highest BCUT2D eigenvalue weighted by Crippen LogP contribution is 2.45. The topological polar surface area (TPSA) is 741 Å². The highest BCUT2D eigenvalue weighted by Gasteiger charge is 2.65. The number of nitrogens with one attached hydrogen (secondary N) is 4. The number of aliphatic hydroxyl groups is 19. The number of Topliss-reactive ketones (excluding diaryl/α,β-unsaturated/α-hetero) is 1. The van der Waals surface area contributed by atoms with Crippen molar-refractivity contribution in [3.63, 3.8) is 0 Å². The molecule has 0 aromatic rings. The highest BCUT2D eigenvalue weighted by atomic mass is 16.8. The predicted molar refractivity (Wildman–Crippen MR) is 502 cm³/mol. The first-order valence-electron chi connectivity index (χ1n) is 51.6. The van der Waals surface area contributed by atoms with E-state index in [0.717, 1.165) is 91.9 Å². The first-order valence-corrected chi connectivity index (χ1v) is 51.6. The average molecular weight is 2060 g/mol. The number of ether oxygens (including phenoxy) is 12. The summed E-state index contributed by atoms with van der Waals surface area (Å²) in [5.74, 6) is -23.6. The highest BCUT2D eigenvalue weighted by molar-refractivity contribution is 5.79. The number of carbonyl (C=O) groups excluding carboxylic acids is 5. The van der Waals surface area contributed by atoms with Gasteiger partial charge in [0.1, 0.15) is 122 Å². The SMILES string of the molecule is CCCCCCCCCCCCC/C=C/[C@@H](O)[C@H](CO[C@@H]1O[C@H](CO)[C@@H](O[C@@H]2O[C@H](CO)[C@H](O[C@@H]3O[C@H](CO)[C@H](O)[C@H](O)[C@H]3CC(C)=O)[C@H](O[C@]3(C(=O)O)C[C@H](O)[C@@H](NC(C)=O)C([C@H](O)[C@@H](CO)O[C@]4(C(=O)O)C[C@H](O)[C@@H](NC(C)=O)C([C@H](O)[C@@H](CO)O[C@]5(C(=O)O)C[C@H](O)[C@@H](NC(C)=O)C([C@H](O)[C@H](O)CO)O5)O4)O3)[C@H]2O)[C@H](O)[C@H]1O)NC(=O)CCCCCCCCCCCCCCCCCCCCCCCC. The number of ketones is 1. The fourth-order valence-electron chi connectivity index (χ4n) is 19.5. The molecule has 830 valence electrons. The molecule has 0 aromatic heterocycles. The van der Waals surface area contributed by atoms with Crippen molar-refractivity contribution < 1.29 is 208 Å². The number of hydrogen-bond acceptors (Lipinski definition) is 39. The minimum atomic E-state index is -3.71. The van der Waals surface area contributed by atoms with Crippen molar-refractivity contribution >= 4 is 47.3 Å². The molecule has 46 heteroatoms. The Labute approximate surface area is 835 Å². The Morgan fingerprint density at radius 3 is 1.15 bits per heavy atom. The Morgan fingerprint density at radius 2 is 0.762 bits per heavy atom. The standard InChI is InChI=1S/C97H170N4O42/c1-7-9-11-13-15-17-19-21-22-23-24-25-26-27-28-29-31-33-35-37-39-41-43-71(117)101-60(61(112)42-40-38-36-34-32-30-20-18-16-14-12-10-8-2)54-132-90-81(124)80(123)83(69(52-106)134-90)136-91-82(125)88(84(70(53-107)135-91)137-89-59(44-55(3)108)75(118)77(120)66(49-103)133-89)143-97(94(130)131)47-64(115)74(100-58(6)111)87(142-97)79(122)68(51-105)139-96(93(128)129)46-63(114)73(99-57(5)110)86(141-96)78(121)67(50-104)138-95(92(126)127)45-62(113)72(98-56(4)109)85(140-95)76(119)65(116)48-102/h40,42,59-70,72-91,102-107,112-116,118-125H,7-39,41,43-54H2,1-6H3,(H,98,109)(H,99,110)(H,100,111)(H,101,117)(H,126,127)(H,128,129)(H,130,131)/b42-40+/t59-,60+,61-,62+,63+,64+,65-,66-,67-,68-,69-,70-,72-,73-,74-,75-,76-,77+,78-,79-,80-,81-,82-,83-,84+,85?,86?,87?,88-,89+,90-,91+,95-,96-,97+/m1/s1. The van der Waals surface area contributed by atoms with Crippen LogP contribution < -0.4 is 21.3 Å². The molecule has 0 radical (unpaired) electrons. The lowest BCUT2D eigenvalue weighted by atomic mass is 9.86. The molecule has 6 aliphatic heterocycles. The normalized spacial score (nSPS) is 32.9. The van der Waals surface area contributed by atoms with Crippen LogP contribution in [-0.2, 0) is 95.2 Å². The van der Waals surface area contributed by atoms with E-state index in [4.69, 9.17) is 56.8 Å². The summed E-state index contributed by atoms with van der Waals surface area (Å²) < 4.78 is 72.1. The van der Waals surface area contributed by atoms with Gasteiger partial charge in [-0.15, -0.1) is 0 Å². The van der Waals surface area contributed by atoms with Gasteiger partial charge in [0.15, 0.2) is 18.9 Å². The molecule has 3 unspecified atom stereocenters. The Kier molecular flexibility index (Phi) is 57.2. The van der Waals surface area contributed by atoms with Crippen LogP contribution in [0.15, 0.2) is 12.2 Å². The minimum absolute atomic E-state index is 0.0837. The number of carbonyl (C=O) groups is 8. The zero-order valence-corrected chi connectivity index (χ0v) is 83.7. The zero-order valence-electron chi connectivity index (χ0n) is 83.7. The second-order valence-electron chi connectivity index (χ2n) is 39.2. The number of hydrogen-bond donors (Lipinski definition) is 26. The summed E-state index contributed by atoms with van der Waals surface area (Å²) in [6, 6.07) is -7.29. The fraction of sp³-hybridized carbons (Fsp3) is 0.897. The van der Waals surface area contributed by atoms with Crippen molar-refractivity contribution in [3.05, 3.63) is 12.2 Å². The number of unbranched alkanes of at least 4 members (excludes halogenated alkanes) is 32. The molecule has 6 aliphatic rings. The van der Waals surface area contributed by atoms with Gasteiger partial charge in [0.25, 0.3) is 17.4 Å². The molecule has 6 rings (SSSR count). The van der Waals surface area contributed by atoms with Crippen molar-refractivity contribution in [1.82, 2.24) is 21.3 Å². The third-order valence-electron chi connectivity index (χ3n) is 27.5. The van der Waals surface area contributed by atoms with Gasteiger partial charge in [-0.1, -0.05) is 225 Å². The number of carboxylic acids is 3. The van der Waals surface area contributed by atoms with E-state index in [1.54, 1.807) is 6.08 Å². The number of aliphatic carboxylic acids is 3. The Balaban J connectivity index is 1.27. The first kappa shape index (κ1) is 126. The van der Waals surface area contributed by atoms with E-state index in [-0.39, 0.29) is 6.42 Å². The van der Waals surface area contributed by atoms with Crippen LogP contribution in [0.5, 0.6) is 0 Å². The lowest BCUT2D eigenvalue weighted by Gasteiger charge is -2.53. The summed E-state index contributed by atoms with van der Waals surface area (Å²) in [5, 5.41) is 262. The van der Waals surface area contributed by atoms with Gasteiger partial charge < -0.3 is 195 Å². The van der Waals surface area contributed by atoms with Crippen LogP contribution in [0.25, 0.3) is 0 Å². The van der Waals surface area contributed by atoms with E-state index < -0.39 is 332 Å². The largest absolute Gasteiger partial charge is 0.477 e. The van der Waals surface area contributed by atoms with E-state index in [1.807, 2.05) is 0 Å². The zero-order chi connectivity index (χ0) is 106. The smallest absolute Gasteiger partial charge is 0.364 e. The molecule has 26 N–H and O–H groups in total. The van der Waals surface area contributed by atoms with Crippen molar-refractivity contribution in [1.29, 1.82) is 0 Å². The molecule has 0 spiro atoms. The molecule has 0 saturated carbocycles. The van der Waals surface area contributed by atoms with E-state index in [2.05, 4.69) is 35.1 Å². The molecule has 6 fully saturated rings. The van der Waals surface area contributed by atoms with Crippen LogP contribution in [0.4, 0.5) is 0 Å². The number of rotatable bonds is 71. The molecule has 0 aliphatic carbocycles. The summed E-state index contributed by atoms with van der Waals surface area (Å²) in [5.41, 5.74) is 0. The van der Waals surface area contributed by atoms with Crippen LogP contribution in [0.3, 0.4) is 0 Å². The van der Waals surface area contributed by atoms with Gasteiger partial charge in [0.2, 0.25) is 23.6 Å². The number of amides is 4. The van der Waals surface area contributed by atoms with E-state index in [1.165, 1.54) is 147 Å². The van der Waals surface area contributed by atoms with Gasteiger partial charge in [0.05, 0.1) is 101 Å². The summed E-state index contributed by atoms with van der Waals surface area (Å²) >= 11 is 0. The average Bonchev–Trinajstić information content (AvgIpc) is 0.745.